The topological polar surface area (TPSA) is 72.3 Å². The molecule has 1 aliphatic heterocycles. The van der Waals surface area contributed by atoms with E-state index < -0.39 is 9.84 Å². The molecule has 0 N–H and O–H groups in total. The summed E-state index contributed by atoms with van der Waals surface area (Å²) in [6, 6.07) is 6.88. The molecular weight excluding hydrogens is 350 g/mol. The molecule has 140 valence electrons. The Hall–Kier alpha value is -2.15. The lowest BCUT2D eigenvalue weighted by atomic mass is 9.98. The monoisotopic (exact) mass is 375 g/mol. The molecular formula is C19H25N3O3S. The number of carbonyl (C=O) groups excluding carboxylic acids is 1. The Labute approximate surface area is 154 Å². The number of nitrogens with zero attached hydrogens (tertiary/aromatic N) is 3. The van der Waals surface area contributed by atoms with Crippen LogP contribution >= 0.6 is 0 Å². The van der Waals surface area contributed by atoms with Gasteiger partial charge in [-0.05, 0) is 43.4 Å². The summed E-state index contributed by atoms with van der Waals surface area (Å²) in [5, 5.41) is 0. The minimum absolute atomic E-state index is 0.118. The van der Waals surface area contributed by atoms with E-state index in [1.54, 1.807) is 36.8 Å². The van der Waals surface area contributed by atoms with Crippen molar-refractivity contribution in [2.45, 2.75) is 49.6 Å². The van der Waals surface area contributed by atoms with Gasteiger partial charge in [0.25, 0.3) is 0 Å². The Morgan fingerprint density at radius 3 is 2.65 bits per heavy atom. The first kappa shape index (κ1) is 18.6. The van der Waals surface area contributed by atoms with Gasteiger partial charge in [0.1, 0.15) is 0 Å². The maximum Gasteiger partial charge on any atom is 0.227 e. The molecule has 0 unspecified atom stereocenters. The van der Waals surface area contributed by atoms with Crippen LogP contribution in [0.1, 0.15) is 31.2 Å². The number of aromatic nitrogens is 2. The fourth-order valence-corrected chi connectivity index (χ4v) is 4.11. The van der Waals surface area contributed by atoms with Gasteiger partial charge in [-0.2, -0.15) is 0 Å². The molecule has 0 radical (unpaired) electrons. The average molecular weight is 375 g/mol. The van der Waals surface area contributed by atoms with Gasteiger partial charge in [-0.25, -0.2) is 13.4 Å². The molecule has 7 heteroatoms. The first-order chi connectivity index (χ1) is 12.4. The van der Waals surface area contributed by atoms with E-state index in [0.29, 0.717) is 6.42 Å². The van der Waals surface area contributed by atoms with Crippen LogP contribution in [0.15, 0.2) is 47.9 Å². The standard InChI is InChI=1S/C19H25N3O3S/c1-26(24,25)18-7-5-16(6-8-18)14-19(23)22-11-3-2-4-17(22)9-12-21-13-10-20-15-21/h5-8,10,13,15,17H,2-4,9,11-12,14H2,1H3/t17-/m0/s1. The zero-order valence-corrected chi connectivity index (χ0v) is 15.9. The molecule has 0 bridgehead atoms. The number of rotatable bonds is 6. The second kappa shape index (κ2) is 8.03. The minimum atomic E-state index is -3.21. The molecule has 0 aliphatic carbocycles. The van der Waals surface area contributed by atoms with E-state index in [1.807, 2.05) is 15.7 Å². The van der Waals surface area contributed by atoms with E-state index in [-0.39, 0.29) is 16.8 Å². The molecule has 3 rings (SSSR count). The zero-order chi connectivity index (χ0) is 18.6. The molecule has 1 atom stereocenters. The van der Waals surface area contributed by atoms with Crippen molar-refractivity contribution in [2.24, 2.45) is 0 Å². The SMILES string of the molecule is CS(=O)(=O)c1ccc(CC(=O)N2CCCC[C@H]2CCn2ccnc2)cc1. The van der Waals surface area contributed by atoms with Gasteiger partial charge in [0.05, 0.1) is 17.6 Å². The maximum absolute atomic E-state index is 12.8. The highest BCUT2D eigenvalue weighted by atomic mass is 32.2. The second-order valence-corrected chi connectivity index (χ2v) is 8.93. The third kappa shape index (κ3) is 4.72. The Morgan fingerprint density at radius 1 is 1.23 bits per heavy atom. The fourth-order valence-electron chi connectivity index (χ4n) is 3.48. The number of likely N-dealkylation sites (tertiary alicyclic amines) is 1. The van der Waals surface area contributed by atoms with Crippen molar-refractivity contribution in [2.75, 3.05) is 12.8 Å². The van der Waals surface area contributed by atoms with Crippen molar-refractivity contribution in [3.8, 4) is 0 Å². The Kier molecular flexibility index (Phi) is 5.76. The summed E-state index contributed by atoms with van der Waals surface area (Å²) in [4.78, 5) is 19.2. The van der Waals surface area contributed by atoms with Crippen molar-refractivity contribution < 1.29 is 13.2 Å². The van der Waals surface area contributed by atoms with Crippen LogP contribution in [0.2, 0.25) is 0 Å². The summed E-state index contributed by atoms with van der Waals surface area (Å²) >= 11 is 0. The van der Waals surface area contributed by atoms with Crippen LogP contribution in [0.5, 0.6) is 0 Å². The summed E-state index contributed by atoms with van der Waals surface area (Å²) in [6.07, 6.45) is 11.2. The molecule has 1 aliphatic rings. The molecule has 1 aromatic carbocycles. The van der Waals surface area contributed by atoms with Gasteiger partial charge in [0, 0.05) is 37.8 Å². The number of sulfone groups is 1. The molecule has 0 saturated carbocycles. The molecule has 2 aromatic rings. The predicted molar refractivity (Wildman–Crippen MR) is 99.5 cm³/mol. The predicted octanol–water partition coefficient (Wildman–Crippen LogP) is 2.30. The van der Waals surface area contributed by atoms with E-state index >= 15 is 0 Å². The van der Waals surface area contributed by atoms with Crippen LogP contribution in [0.3, 0.4) is 0 Å². The van der Waals surface area contributed by atoms with Gasteiger partial charge in [0.2, 0.25) is 5.91 Å². The smallest absolute Gasteiger partial charge is 0.227 e. The third-order valence-electron chi connectivity index (χ3n) is 4.93. The highest BCUT2D eigenvalue weighted by molar-refractivity contribution is 7.90. The number of hydrogen-bond donors (Lipinski definition) is 0. The van der Waals surface area contributed by atoms with Crippen LogP contribution in [-0.2, 0) is 27.6 Å². The molecule has 1 fully saturated rings. The van der Waals surface area contributed by atoms with Gasteiger partial charge in [-0.1, -0.05) is 12.1 Å². The van der Waals surface area contributed by atoms with Gasteiger partial charge in [-0.15, -0.1) is 0 Å². The number of hydrogen-bond acceptors (Lipinski definition) is 4. The molecule has 1 saturated heterocycles. The summed E-state index contributed by atoms with van der Waals surface area (Å²) in [7, 11) is -3.21. The third-order valence-corrected chi connectivity index (χ3v) is 6.06. The summed E-state index contributed by atoms with van der Waals surface area (Å²) in [6.45, 7) is 1.66. The van der Waals surface area contributed by atoms with Gasteiger partial charge >= 0.3 is 0 Å². The van der Waals surface area contributed by atoms with E-state index in [2.05, 4.69) is 4.98 Å². The number of piperidine rings is 1. The zero-order valence-electron chi connectivity index (χ0n) is 15.0. The lowest BCUT2D eigenvalue weighted by Crippen LogP contribution is -2.44. The van der Waals surface area contributed by atoms with Crippen LogP contribution < -0.4 is 0 Å². The second-order valence-electron chi connectivity index (χ2n) is 6.92. The van der Waals surface area contributed by atoms with Gasteiger partial charge < -0.3 is 9.47 Å². The quantitative estimate of drug-likeness (QED) is 0.777. The number of carbonyl (C=O) groups is 1. The minimum Gasteiger partial charge on any atom is -0.339 e. The largest absolute Gasteiger partial charge is 0.339 e. The highest BCUT2D eigenvalue weighted by Crippen LogP contribution is 2.22. The summed E-state index contributed by atoms with van der Waals surface area (Å²) in [5.41, 5.74) is 0.848. The molecule has 1 amide bonds. The molecule has 1 aromatic heterocycles. The van der Waals surface area contributed by atoms with E-state index in [4.69, 9.17) is 0 Å². The van der Waals surface area contributed by atoms with Gasteiger partial charge in [-0.3, -0.25) is 4.79 Å². The maximum atomic E-state index is 12.8. The van der Waals surface area contributed by atoms with E-state index in [9.17, 15) is 13.2 Å². The van der Waals surface area contributed by atoms with Crippen molar-refractivity contribution in [3.63, 3.8) is 0 Å². The molecule has 2 heterocycles. The lowest BCUT2D eigenvalue weighted by molar-refractivity contribution is -0.134. The molecule has 26 heavy (non-hydrogen) atoms. The van der Waals surface area contributed by atoms with Crippen LogP contribution in [0, 0.1) is 0 Å². The van der Waals surface area contributed by atoms with Crippen LogP contribution in [0.4, 0.5) is 0 Å². The molecule has 0 spiro atoms. The van der Waals surface area contributed by atoms with Crippen LogP contribution in [-0.4, -0.2) is 47.6 Å². The van der Waals surface area contributed by atoms with E-state index in [0.717, 1.165) is 44.3 Å². The van der Waals surface area contributed by atoms with Gasteiger partial charge in [0.15, 0.2) is 9.84 Å². The Balaban J connectivity index is 1.62. The van der Waals surface area contributed by atoms with Crippen molar-refractivity contribution >= 4 is 15.7 Å². The fraction of sp³-hybridized carbons (Fsp3) is 0.474. The first-order valence-corrected chi connectivity index (χ1v) is 10.9. The Morgan fingerprint density at radius 2 is 2.00 bits per heavy atom. The highest BCUT2D eigenvalue weighted by Gasteiger charge is 2.26. The van der Waals surface area contributed by atoms with Crippen molar-refractivity contribution in [1.29, 1.82) is 0 Å². The van der Waals surface area contributed by atoms with E-state index in [1.165, 1.54) is 6.26 Å². The van der Waals surface area contributed by atoms with Crippen molar-refractivity contribution in [3.05, 3.63) is 48.5 Å². The summed E-state index contributed by atoms with van der Waals surface area (Å²) < 4.78 is 25.1. The number of aryl methyl sites for hydroxylation is 1. The number of imidazole rings is 1. The summed E-state index contributed by atoms with van der Waals surface area (Å²) in [5.74, 6) is 0.118. The normalized spacial score (nSPS) is 18.0. The average Bonchev–Trinajstić information content (AvgIpc) is 3.13. The number of benzene rings is 1. The Bertz CT molecular complexity index is 829. The van der Waals surface area contributed by atoms with Crippen molar-refractivity contribution in [1.82, 2.24) is 14.5 Å². The molecule has 6 nitrogen and oxygen atoms in total. The van der Waals surface area contributed by atoms with Crippen LogP contribution in [0.25, 0.3) is 0 Å². The lowest BCUT2D eigenvalue weighted by Gasteiger charge is -2.36. The number of amides is 1. The first-order valence-electron chi connectivity index (χ1n) is 8.98.